The van der Waals surface area contributed by atoms with E-state index in [0.717, 1.165) is 57.2 Å². The van der Waals surface area contributed by atoms with Crippen molar-refractivity contribution in [3.05, 3.63) is 35.6 Å². The quantitative estimate of drug-likeness (QED) is 0.786. The summed E-state index contributed by atoms with van der Waals surface area (Å²) in [6.45, 7) is 6.20. The highest BCUT2D eigenvalue weighted by Gasteiger charge is 2.36. The fourth-order valence-electron chi connectivity index (χ4n) is 4.70. The van der Waals surface area contributed by atoms with Gasteiger partial charge in [-0.05, 0) is 50.3 Å². The van der Waals surface area contributed by atoms with Crippen LogP contribution >= 0.6 is 0 Å². The highest BCUT2D eigenvalue weighted by atomic mass is 19.1. The van der Waals surface area contributed by atoms with Crippen molar-refractivity contribution in [2.24, 2.45) is 0 Å². The van der Waals surface area contributed by atoms with E-state index in [2.05, 4.69) is 22.5 Å². The minimum Gasteiger partial charge on any atom is -0.354 e. The number of halogens is 1. The van der Waals surface area contributed by atoms with Crippen LogP contribution in [-0.2, 0) is 15.0 Å². The molecule has 2 fully saturated rings. The molecule has 0 spiro atoms. The van der Waals surface area contributed by atoms with Gasteiger partial charge in [0.25, 0.3) is 0 Å². The molecule has 1 saturated carbocycles. The first-order valence-electron chi connectivity index (χ1n) is 10.3. The first-order valence-corrected chi connectivity index (χ1v) is 10.3. The topological polar surface area (TPSA) is 61.4 Å². The second-order valence-electron chi connectivity index (χ2n) is 8.79. The Morgan fingerprint density at radius 2 is 1.68 bits per heavy atom. The Bertz CT molecular complexity index is 690. The molecule has 2 N–H and O–H groups in total. The van der Waals surface area contributed by atoms with Gasteiger partial charge >= 0.3 is 0 Å². The van der Waals surface area contributed by atoms with Gasteiger partial charge in [0.15, 0.2) is 0 Å². The molecule has 1 saturated heterocycles. The maximum absolute atomic E-state index is 13.3. The second kappa shape index (κ2) is 8.60. The van der Waals surface area contributed by atoms with E-state index in [1.165, 1.54) is 12.1 Å². The molecule has 0 aromatic heterocycles. The predicted octanol–water partition coefficient (Wildman–Crippen LogP) is 2.74. The number of nitrogens with zero attached hydrogens (tertiary/aromatic N) is 1. The van der Waals surface area contributed by atoms with Gasteiger partial charge in [-0.3, -0.25) is 14.5 Å². The van der Waals surface area contributed by atoms with Crippen LogP contribution in [0, 0.1) is 5.82 Å². The molecule has 1 heterocycles. The molecular formula is C22H32FN3O2. The molecule has 28 heavy (non-hydrogen) atoms. The van der Waals surface area contributed by atoms with Crippen molar-refractivity contribution < 1.29 is 14.0 Å². The number of rotatable bonds is 6. The van der Waals surface area contributed by atoms with Crippen LogP contribution in [0.1, 0.15) is 57.9 Å². The zero-order valence-electron chi connectivity index (χ0n) is 17.0. The number of hydrogen-bond acceptors (Lipinski definition) is 3. The Labute approximate surface area is 167 Å². The highest BCUT2D eigenvalue weighted by Crippen LogP contribution is 2.40. The lowest BCUT2D eigenvalue weighted by Gasteiger charge is -2.39. The summed E-state index contributed by atoms with van der Waals surface area (Å²) < 4.78 is 13.3. The van der Waals surface area contributed by atoms with Gasteiger partial charge < -0.3 is 10.6 Å². The molecule has 154 valence electrons. The van der Waals surface area contributed by atoms with Crippen LogP contribution in [0.5, 0.6) is 0 Å². The van der Waals surface area contributed by atoms with Crippen LogP contribution in [-0.4, -0.2) is 48.4 Å². The molecular weight excluding hydrogens is 357 g/mol. The summed E-state index contributed by atoms with van der Waals surface area (Å²) in [6, 6.07) is 6.74. The van der Waals surface area contributed by atoms with Crippen molar-refractivity contribution in [1.29, 1.82) is 0 Å². The van der Waals surface area contributed by atoms with Gasteiger partial charge in [-0.15, -0.1) is 0 Å². The number of hydrogen-bond donors (Lipinski definition) is 2. The summed E-state index contributed by atoms with van der Waals surface area (Å²) >= 11 is 0. The van der Waals surface area contributed by atoms with Gasteiger partial charge in [0.1, 0.15) is 5.82 Å². The molecule has 3 rings (SSSR count). The molecule has 6 heteroatoms. The number of amides is 2. The van der Waals surface area contributed by atoms with Gasteiger partial charge in [0, 0.05) is 37.5 Å². The Balaban J connectivity index is 1.51. The number of nitrogens with one attached hydrogen (secondary N) is 2. The highest BCUT2D eigenvalue weighted by molar-refractivity contribution is 5.78. The summed E-state index contributed by atoms with van der Waals surface area (Å²) in [5, 5.41) is 6.16. The van der Waals surface area contributed by atoms with Crippen LogP contribution in [0.2, 0.25) is 0 Å². The van der Waals surface area contributed by atoms with E-state index in [0.29, 0.717) is 13.1 Å². The molecule has 0 unspecified atom stereocenters. The second-order valence-corrected chi connectivity index (χ2v) is 8.79. The summed E-state index contributed by atoms with van der Waals surface area (Å²) in [5.41, 5.74) is 0.876. The number of likely N-dealkylation sites (tertiary alicyclic amines) is 1. The number of carbonyl (C=O) groups excluding carboxylic acids is 2. The lowest BCUT2D eigenvalue weighted by molar-refractivity contribution is -0.124. The summed E-state index contributed by atoms with van der Waals surface area (Å²) in [7, 11) is 0. The van der Waals surface area contributed by atoms with Crippen molar-refractivity contribution in [1.82, 2.24) is 15.5 Å². The van der Waals surface area contributed by atoms with Crippen LogP contribution in [0.4, 0.5) is 4.39 Å². The lowest BCUT2D eigenvalue weighted by atomic mass is 9.79. The van der Waals surface area contributed by atoms with Gasteiger partial charge in [0.2, 0.25) is 11.8 Å². The van der Waals surface area contributed by atoms with Gasteiger partial charge in [-0.25, -0.2) is 4.39 Å². The first kappa shape index (κ1) is 20.8. The summed E-state index contributed by atoms with van der Waals surface area (Å²) in [6.07, 6.45) is 6.02. The van der Waals surface area contributed by atoms with E-state index in [9.17, 15) is 14.0 Å². The monoisotopic (exact) mass is 389 g/mol. The standard InChI is InChI=1S/C22H32FN3O2/c1-17(27)25-21(2)11-13-26(14-12-21)15-20(28)24-16-22(9-3-4-10-22)18-5-7-19(23)8-6-18/h5-8H,3-4,9-16H2,1-2H3,(H,24,28)(H,25,27). The Morgan fingerprint density at radius 1 is 1.07 bits per heavy atom. The largest absolute Gasteiger partial charge is 0.354 e. The third-order valence-electron chi connectivity index (χ3n) is 6.45. The van der Waals surface area contributed by atoms with Gasteiger partial charge in [-0.1, -0.05) is 25.0 Å². The van der Waals surface area contributed by atoms with E-state index in [1.807, 2.05) is 12.1 Å². The average Bonchev–Trinajstić information content (AvgIpc) is 3.12. The predicted molar refractivity (Wildman–Crippen MR) is 107 cm³/mol. The molecule has 1 aromatic rings. The summed E-state index contributed by atoms with van der Waals surface area (Å²) in [4.78, 5) is 26.0. The molecule has 1 aliphatic carbocycles. The van der Waals surface area contributed by atoms with E-state index < -0.39 is 0 Å². The Morgan fingerprint density at radius 3 is 2.25 bits per heavy atom. The lowest BCUT2D eigenvalue weighted by Crippen LogP contribution is -2.54. The number of piperidine rings is 1. The first-order chi connectivity index (χ1) is 13.3. The van der Waals surface area contributed by atoms with Crippen LogP contribution in [0.15, 0.2) is 24.3 Å². The fourth-order valence-corrected chi connectivity index (χ4v) is 4.70. The van der Waals surface area contributed by atoms with E-state index in [-0.39, 0.29) is 28.6 Å². The number of carbonyl (C=O) groups is 2. The maximum atomic E-state index is 13.3. The minimum absolute atomic E-state index is 0.00338. The molecule has 1 aromatic carbocycles. The van der Waals surface area contributed by atoms with Crippen LogP contribution < -0.4 is 10.6 Å². The van der Waals surface area contributed by atoms with Gasteiger partial charge in [0.05, 0.1) is 6.54 Å². The SMILES string of the molecule is CC(=O)NC1(C)CCN(CC(=O)NCC2(c3ccc(F)cc3)CCCC2)CC1. The third-order valence-corrected chi connectivity index (χ3v) is 6.45. The Hall–Kier alpha value is -1.95. The normalized spacial score (nSPS) is 21.2. The van der Waals surface area contributed by atoms with Crippen molar-refractivity contribution in [2.75, 3.05) is 26.2 Å². The minimum atomic E-state index is -0.225. The molecule has 0 atom stereocenters. The van der Waals surface area contributed by atoms with Crippen molar-refractivity contribution in [2.45, 2.75) is 63.3 Å². The zero-order valence-corrected chi connectivity index (χ0v) is 17.0. The molecule has 0 radical (unpaired) electrons. The molecule has 5 nitrogen and oxygen atoms in total. The van der Waals surface area contributed by atoms with Gasteiger partial charge in [-0.2, -0.15) is 0 Å². The average molecular weight is 390 g/mol. The molecule has 2 aliphatic rings. The molecule has 0 bridgehead atoms. The fraction of sp³-hybridized carbons (Fsp3) is 0.636. The van der Waals surface area contributed by atoms with Crippen molar-refractivity contribution in [3.63, 3.8) is 0 Å². The number of benzene rings is 1. The third kappa shape index (κ3) is 5.10. The van der Waals surface area contributed by atoms with Crippen molar-refractivity contribution in [3.8, 4) is 0 Å². The van der Waals surface area contributed by atoms with E-state index in [4.69, 9.17) is 0 Å². The van der Waals surface area contributed by atoms with E-state index in [1.54, 1.807) is 6.92 Å². The summed E-state index contributed by atoms with van der Waals surface area (Å²) in [5.74, 6) is -0.190. The molecule has 1 aliphatic heterocycles. The van der Waals surface area contributed by atoms with Crippen LogP contribution in [0.25, 0.3) is 0 Å². The molecule has 2 amide bonds. The van der Waals surface area contributed by atoms with E-state index >= 15 is 0 Å². The smallest absolute Gasteiger partial charge is 0.234 e. The van der Waals surface area contributed by atoms with Crippen LogP contribution in [0.3, 0.4) is 0 Å². The van der Waals surface area contributed by atoms with Crippen molar-refractivity contribution >= 4 is 11.8 Å². The zero-order chi connectivity index (χ0) is 20.2. The Kier molecular flexibility index (Phi) is 6.38. The maximum Gasteiger partial charge on any atom is 0.234 e.